The molecular formula is C21H20O6. The molecule has 6 heteroatoms. The number of fused-ring (bicyclic) bond motifs is 1. The Balaban J connectivity index is 1.52. The van der Waals surface area contributed by atoms with Gasteiger partial charge < -0.3 is 23.4 Å². The summed E-state index contributed by atoms with van der Waals surface area (Å²) in [6.45, 7) is 2.69. The van der Waals surface area contributed by atoms with Gasteiger partial charge in [0.15, 0.2) is 12.1 Å². The molecule has 0 radical (unpaired) electrons. The fraction of sp³-hybridized carbons (Fsp3) is 0.286. The number of hydrogen-bond acceptors (Lipinski definition) is 6. The van der Waals surface area contributed by atoms with Gasteiger partial charge in [-0.2, -0.15) is 0 Å². The van der Waals surface area contributed by atoms with Crippen LogP contribution < -0.4 is 0 Å². The van der Waals surface area contributed by atoms with E-state index in [1.807, 2.05) is 48.5 Å². The van der Waals surface area contributed by atoms with Crippen molar-refractivity contribution >= 4 is 16.9 Å². The van der Waals surface area contributed by atoms with E-state index in [-0.39, 0.29) is 13.2 Å². The van der Waals surface area contributed by atoms with Crippen molar-refractivity contribution in [1.82, 2.24) is 0 Å². The van der Waals surface area contributed by atoms with Crippen molar-refractivity contribution < 1.29 is 28.2 Å². The van der Waals surface area contributed by atoms with Crippen molar-refractivity contribution in [3.05, 3.63) is 71.5 Å². The Kier molecular flexibility index (Phi) is 5.20. The van der Waals surface area contributed by atoms with Gasteiger partial charge in [-0.3, -0.25) is 0 Å². The van der Waals surface area contributed by atoms with Crippen LogP contribution in [0.25, 0.3) is 11.0 Å². The number of ether oxygens (including phenoxy) is 4. The highest BCUT2D eigenvalue weighted by molar-refractivity contribution is 6.04. The van der Waals surface area contributed by atoms with Gasteiger partial charge in [0.25, 0.3) is 0 Å². The van der Waals surface area contributed by atoms with Crippen LogP contribution in [0.5, 0.6) is 0 Å². The summed E-state index contributed by atoms with van der Waals surface area (Å²) in [4.78, 5) is 12.5. The zero-order valence-electron chi connectivity index (χ0n) is 14.9. The molecule has 1 fully saturated rings. The lowest BCUT2D eigenvalue weighted by Crippen LogP contribution is -2.15. The van der Waals surface area contributed by atoms with Crippen LogP contribution in [0, 0.1) is 0 Å². The molecule has 0 aliphatic carbocycles. The highest BCUT2D eigenvalue weighted by Gasteiger charge is 2.35. The Labute approximate surface area is 156 Å². The van der Waals surface area contributed by atoms with Crippen LogP contribution in [0.1, 0.15) is 34.9 Å². The summed E-state index contributed by atoms with van der Waals surface area (Å²) in [5.41, 5.74) is 1.96. The molecule has 1 aliphatic heterocycles. The van der Waals surface area contributed by atoms with Crippen molar-refractivity contribution in [3.8, 4) is 0 Å². The smallest absolute Gasteiger partial charge is 0.342 e. The number of furan rings is 1. The lowest BCUT2D eigenvalue weighted by Gasteiger charge is -2.12. The van der Waals surface area contributed by atoms with Crippen LogP contribution in [0.3, 0.4) is 0 Å². The monoisotopic (exact) mass is 368 g/mol. The maximum atomic E-state index is 12.5. The molecule has 0 spiro atoms. The Morgan fingerprint density at radius 1 is 1.11 bits per heavy atom. The van der Waals surface area contributed by atoms with Gasteiger partial charge in [0, 0.05) is 5.39 Å². The number of esters is 1. The molecule has 140 valence electrons. The van der Waals surface area contributed by atoms with E-state index in [0.29, 0.717) is 28.9 Å². The predicted octanol–water partition coefficient (Wildman–Crippen LogP) is 4.20. The molecule has 6 nitrogen and oxygen atoms in total. The molecular weight excluding hydrogens is 348 g/mol. The number of benzene rings is 2. The van der Waals surface area contributed by atoms with Crippen LogP contribution in [0.15, 0.2) is 59.0 Å². The first-order chi connectivity index (χ1) is 13.3. The van der Waals surface area contributed by atoms with Gasteiger partial charge in [0.2, 0.25) is 6.29 Å². The van der Waals surface area contributed by atoms with Crippen LogP contribution in [-0.2, 0) is 25.6 Å². The van der Waals surface area contributed by atoms with E-state index >= 15 is 0 Å². The molecule has 0 amide bonds. The summed E-state index contributed by atoms with van der Waals surface area (Å²) in [5, 5.41) is 0.673. The van der Waals surface area contributed by atoms with Gasteiger partial charge in [-0.1, -0.05) is 48.5 Å². The van der Waals surface area contributed by atoms with Crippen molar-refractivity contribution in [2.75, 3.05) is 13.2 Å². The summed E-state index contributed by atoms with van der Waals surface area (Å²) < 4.78 is 28.3. The molecule has 2 aromatic carbocycles. The first-order valence-electron chi connectivity index (χ1n) is 8.87. The van der Waals surface area contributed by atoms with Crippen LogP contribution in [0.4, 0.5) is 0 Å². The lowest BCUT2D eigenvalue weighted by atomic mass is 10.1. The average molecular weight is 368 g/mol. The fourth-order valence-electron chi connectivity index (χ4n) is 3.01. The first kappa shape index (κ1) is 17.7. The number of carbonyl (C=O) groups is 1. The first-order valence-corrected chi connectivity index (χ1v) is 8.87. The third-order valence-electron chi connectivity index (χ3n) is 4.25. The molecule has 1 saturated heterocycles. The van der Waals surface area contributed by atoms with Crippen LogP contribution in [0.2, 0.25) is 0 Å². The third-order valence-corrected chi connectivity index (χ3v) is 4.25. The normalized spacial score (nSPS) is 19.4. The summed E-state index contributed by atoms with van der Waals surface area (Å²) in [6, 6.07) is 17.1. The SMILES string of the molecule is CCOC(=O)c1c(C2OCC(OCc3ccccc3)O2)oc2ccccc12. The fourth-order valence-corrected chi connectivity index (χ4v) is 3.01. The van der Waals surface area contributed by atoms with Crippen molar-refractivity contribution in [3.63, 3.8) is 0 Å². The number of hydrogen-bond donors (Lipinski definition) is 0. The number of para-hydroxylation sites is 1. The average Bonchev–Trinajstić information content (AvgIpc) is 3.32. The summed E-state index contributed by atoms with van der Waals surface area (Å²) >= 11 is 0. The second-order valence-corrected chi connectivity index (χ2v) is 6.09. The van der Waals surface area contributed by atoms with Gasteiger partial charge >= 0.3 is 5.97 Å². The Bertz CT molecular complexity index is 917. The minimum atomic E-state index is -0.822. The van der Waals surface area contributed by atoms with Crippen molar-refractivity contribution in [2.24, 2.45) is 0 Å². The number of rotatable bonds is 6. The maximum absolute atomic E-state index is 12.5. The Morgan fingerprint density at radius 3 is 2.70 bits per heavy atom. The van der Waals surface area contributed by atoms with Gasteiger partial charge in [0.1, 0.15) is 17.8 Å². The molecule has 2 heterocycles. The van der Waals surface area contributed by atoms with Gasteiger partial charge in [-0.25, -0.2) is 4.79 Å². The highest BCUT2D eigenvalue weighted by atomic mass is 16.8. The molecule has 27 heavy (non-hydrogen) atoms. The molecule has 3 aromatic rings. The minimum Gasteiger partial charge on any atom is -0.462 e. The Morgan fingerprint density at radius 2 is 1.89 bits per heavy atom. The number of carbonyl (C=O) groups excluding carboxylic acids is 1. The van der Waals surface area contributed by atoms with Crippen LogP contribution >= 0.6 is 0 Å². The molecule has 2 atom stereocenters. The van der Waals surface area contributed by atoms with E-state index in [0.717, 1.165) is 5.56 Å². The molecule has 1 aliphatic rings. The second kappa shape index (κ2) is 7.92. The highest BCUT2D eigenvalue weighted by Crippen LogP contribution is 2.36. The van der Waals surface area contributed by atoms with Crippen molar-refractivity contribution in [1.29, 1.82) is 0 Å². The zero-order valence-corrected chi connectivity index (χ0v) is 14.9. The van der Waals surface area contributed by atoms with E-state index in [1.54, 1.807) is 13.0 Å². The molecule has 0 saturated carbocycles. The topological polar surface area (TPSA) is 67.1 Å². The van der Waals surface area contributed by atoms with E-state index in [1.165, 1.54) is 0 Å². The second-order valence-electron chi connectivity index (χ2n) is 6.09. The third kappa shape index (κ3) is 3.73. The molecule has 4 rings (SSSR count). The molecule has 1 aromatic heterocycles. The van der Waals surface area contributed by atoms with E-state index in [2.05, 4.69) is 0 Å². The standard InChI is InChI=1S/C21H20O6/c1-2-23-20(22)18-15-10-6-7-11-16(15)26-19(18)21-25-13-17(27-21)24-12-14-8-4-3-5-9-14/h3-11,17,21H,2,12-13H2,1H3. The molecule has 2 unspecified atom stereocenters. The van der Waals surface area contributed by atoms with E-state index in [4.69, 9.17) is 23.4 Å². The summed E-state index contributed by atoms with van der Waals surface area (Å²) in [7, 11) is 0. The minimum absolute atomic E-state index is 0.247. The molecule has 0 bridgehead atoms. The van der Waals surface area contributed by atoms with Crippen LogP contribution in [-0.4, -0.2) is 25.5 Å². The lowest BCUT2D eigenvalue weighted by molar-refractivity contribution is -0.156. The summed E-state index contributed by atoms with van der Waals surface area (Å²) in [5.74, 6) is -0.154. The van der Waals surface area contributed by atoms with Crippen molar-refractivity contribution in [2.45, 2.75) is 26.1 Å². The largest absolute Gasteiger partial charge is 0.462 e. The zero-order chi connectivity index (χ0) is 18.6. The molecule has 0 N–H and O–H groups in total. The quantitative estimate of drug-likeness (QED) is 0.608. The van der Waals surface area contributed by atoms with E-state index < -0.39 is 18.5 Å². The maximum Gasteiger partial charge on any atom is 0.342 e. The van der Waals surface area contributed by atoms with E-state index in [9.17, 15) is 4.79 Å². The van der Waals surface area contributed by atoms with Gasteiger partial charge in [0.05, 0.1) is 13.2 Å². The van der Waals surface area contributed by atoms with Gasteiger partial charge in [-0.15, -0.1) is 0 Å². The predicted molar refractivity (Wildman–Crippen MR) is 97.0 cm³/mol. The summed E-state index contributed by atoms with van der Waals surface area (Å²) in [6.07, 6.45) is -1.36. The van der Waals surface area contributed by atoms with Gasteiger partial charge in [-0.05, 0) is 18.6 Å². The Hall–Kier alpha value is -2.67.